The Morgan fingerprint density at radius 1 is 1.06 bits per heavy atom. The number of carbonyl (C=O) groups is 4. The number of nitrogens with zero attached hydrogens (tertiary/aromatic N) is 4. The Labute approximate surface area is 299 Å². The zero-order chi connectivity index (χ0) is 38.8. The molecule has 0 heterocycles. The molecule has 0 unspecified atom stereocenters. The number of anilines is 2. The van der Waals surface area contributed by atoms with Crippen LogP contribution in [-0.4, -0.2) is 110 Å². The van der Waals surface area contributed by atoms with Crippen LogP contribution in [0.1, 0.15) is 48.7 Å². The Balaban J connectivity index is 1.60. The molecule has 0 fully saturated rings. The second kappa shape index (κ2) is 13.2. The number of hydrogen-bond donors (Lipinski definition) is 7. The lowest BCUT2D eigenvalue weighted by molar-refractivity contribution is -0.729. The van der Waals surface area contributed by atoms with Gasteiger partial charge in [-0.2, -0.15) is 0 Å². The van der Waals surface area contributed by atoms with Crippen LogP contribution in [0.5, 0.6) is 5.75 Å². The minimum absolute atomic E-state index is 0.0401. The smallest absolute Gasteiger partial charge is 0.322 e. The zero-order valence-electron chi connectivity index (χ0n) is 30.1. The first-order valence-corrected chi connectivity index (χ1v) is 16.6. The molecule has 16 nitrogen and oxygen atoms in total. The SMILES string of the molecule is CN(C)c1cc(CN(CC(C)(C)C)C(=O)Nc2ccc([N+](=O)O)cc2)c(O)c2c1C[C@H]1C[C@H]3[C@H](N(C)C)C(O)=C(C(N)=O)C(=O)[C@@]3(O)C(O)=C1C2=O. The van der Waals surface area contributed by atoms with Crippen molar-refractivity contribution >= 4 is 40.6 Å². The van der Waals surface area contributed by atoms with Gasteiger partial charge in [-0.1, -0.05) is 20.8 Å². The number of benzene rings is 2. The first-order chi connectivity index (χ1) is 24.1. The van der Waals surface area contributed by atoms with Crippen LogP contribution < -0.4 is 16.0 Å². The standard InChI is InChI=1S/C36H44N6O10/c1-35(2,3)16-41(34(49)38-19-8-10-20(11-9-19)42(51)52)15-18-14-23(39(4)5)21-12-17-13-22-27(40(6)7)30(45)26(33(37)48)32(47)36(22,50)31(46)24(17)29(44)25(21)28(18)43/h8-11,14,17,22,27,50H,12-13,15-16H2,1-7H3,(H6-,37,38,43,44,45,46,47,48,49,51,52)/p+1/t17-,22-,27-,36-/m0/s1. The maximum absolute atomic E-state index is 14.5. The summed E-state index contributed by atoms with van der Waals surface area (Å²) in [5, 5.41) is 58.4. The number of urea groups is 1. The Morgan fingerprint density at radius 3 is 2.19 bits per heavy atom. The van der Waals surface area contributed by atoms with E-state index in [0.717, 1.165) is 0 Å². The highest BCUT2D eigenvalue weighted by molar-refractivity contribution is 6.25. The number of primary amides is 1. The Bertz CT molecular complexity index is 1940. The molecule has 0 saturated heterocycles. The predicted octanol–water partition coefficient (Wildman–Crippen LogP) is 3.07. The number of aliphatic hydroxyl groups excluding tert-OH is 2. The number of rotatable bonds is 8. The van der Waals surface area contributed by atoms with E-state index >= 15 is 0 Å². The molecule has 0 radical (unpaired) electrons. The van der Waals surface area contributed by atoms with Crippen molar-refractivity contribution in [3.63, 3.8) is 0 Å². The quantitative estimate of drug-likeness (QED) is 0.154. The van der Waals surface area contributed by atoms with Gasteiger partial charge in [0.2, 0.25) is 5.78 Å². The molecular weight excluding hydrogens is 676 g/mol. The van der Waals surface area contributed by atoms with Crippen LogP contribution in [0.3, 0.4) is 0 Å². The summed E-state index contributed by atoms with van der Waals surface area (Å²) in [7, 11) is 6.62. The van der Waals surface area contributed by atoms with E-state index < -0.39 is 75.2 Å². The maximum Gasteiger partial charge on any atom is 0.322 e. The predicted molar refractivity (Wildman–Crippen MR) is 188 cm³/mol. The molecule has 2 aromatic rings. The van der Waals surface area contributed by atoms with E-state index in [0.29, 0.717) is 16.9 Å². The molecule has 0 aliphatic heterocycles. The number of phenols is 1. The lowest BCUT2D eigenvalue weighted by atomic mass is 9.58. The normalized spacial score (nSPS) is 22.8. The fourth-order valence-corrected chi connectivity index (χ4v) is 7.73. The molecule has 2 aromatic carbocycles. The monoisotopic (exact) mass is 721 g/mol. The third-order valence-corrected chi connectivity index (χ3v) is 9.91. The lowest BCUT2D eigenvalue weighted by Gasteiger charge is -2.50. The van der Waals surface area contributed by atoms with E-state index in [2.05, 4.69) is 5.32 Å². The minimum Gasteiger partial charge on any atom is -0.510 e. The van der Waals surface area contributed by atoms with E-state index in [1.807, 2.05) is 20.8 Å². The Kier molecular flexibility index (Phi) is 9.62. The van der Waals surface area contributed by atoms with E-state index in [9.17, 15) is 44.5 Å². The number of ketones is 2. The van der Waals surface area contributed by atoms with Gasteiger partial charge in [-0.15, -0.1) is 0 Å². The molecule has 0 saturated carbocycles. The first kappa shape index (κ1) is 37.8. The topological polar surface area (TPSA) is 237 Å². The number of aliphatic hydroxyl groups is 3. The summed E-state index contributed by atoms with van der Waals surface area (Å²) < 4.78 is 0. The number of fused-ring (bicyclic) bond motifs is 3. The minimum atomic E-state index is -2.77. The lowest BCUT2D eigenvalue weighted by Crippen LogP contribution is -2.63. The summed E-state index contributed by atoms with van der Waals surface area (Å²) in [6.45, 7) is 5.76. The number of likely N-dealkylation sites (N-methyl/N-ethyl adjacent to an activating group) is 1. The van der Waals surface area contributed by atoms with Gasteiger partial charge in [0.25, 0.3) is 10.8 Å². The first-order valence-electron chi connectivity index (χ1n) is 16.6. The molecule has 3 aliphatic rings. The van der Waals surface area contributed by atoms with Gasteiger partial charge >= 0.3 is 11.7 Å². The highest BCUT2D eigenvalue weighted by Crippen LogP contribution is 2.53. The third-order valence-electron chi connectivity index (χ3n) is 9.91. The summed E-state index contributed by atoms with van der Waals surface area (Å²) in [6, 6.07) is 5.51. The molecule has 0 aromatic heterocycles. The van der Waals surface area contributed by atoms with E-state index in [-0.39, 0.29) is 53.2 Å². The number of phenolic OH excluding ortho intramolecular Hbond substituents is 1. The summed E-state index contributed by atoms with van der Waals surface area (Å²) in [6.07, 6.45) is 0.0551. The van der Waals surface area contributed by atoms with E-state index in [4.69, 9.17) is 10.9 Å². The van der Waals surface area contributed by atoms with Crippen LogP contribution in [0.25, 0.3) is 0 Å². The zero-order valence-corrected chi connectivity index (χ0v) is 30.1. The number of allylic oxidation sites excluding steroid dienone is 1. The van der Waals surface area contributed by atoms with Crippen molar-refractivity contribution in [1.29, 1.82) is 0 Å². The number of nitrogens with one attached hydrogen (secondary N) is 1. The van der Waals surface area contributed by atoms with Gasteiger partial charge in [0.1, 0.15) is 22.8 Å². The van der Waals surface area contributed by atoms with Crippen molar-refractivity contribution in [1.82, 2.24) is 9.80 Å². The molecule has 0 spiro atoms. The number of amides is 3. The van der Waals surface area contributed by atoms with Crippen molar-refractivity contribution in [3.8, 4) is 5.75 Å². The highest BCUT2D eigenvalue weighted by atomic mass is 16.6. The molecule has 3 aliphatic carbocycles. The van der Waals surface area contributed by atoms with Gasteiger partial charge in [-0.3, -0.25) is 19.3 Å². The molecule has 5 rings (SSSR count). The van der Waals surface area contributed by atoms with Crippen molar-refractivity contribution in [2.75, 3.05) is 45.0 Å². The maximum atomic E-state index is 14.5. The Hall–Kier alpha value is -5.48. The van der Waals surface area contributed by atoms with Crippen LogP contribution in [0.15, 0.2) is 53.0 Å². The van der Waals surface area contributed by atoms with Crippen LogP contribution in [-0.2, 0) is 22.6 Å². The number of carbonyl (C=O) groups excluding carboxylic acids is 4. The average Bonchev–Trinajstić information content (AvgIpc) is 3.02. The largest absolute Gasteiger partial charge is 0.510 e. The van der Waals surface area contributed by atoms with Crippen LogP contribution in [0.2, 0.25) is 0 Å². The average molecular weight is 722 g/mol. The van der Waals surface area contributed by atoms with Gasteiger partial charge in [-0.05, 0) is 62.0 Å². The number of aromatic hydroxyl groups is 1. The summed E-state index contributed by atoms with van der Waals surface area (Å²) in [4.78, 5) is 69.7. The number of hydrogen-bond acceptors (Lipinski definition) is 11. The van der Waals surface area contributed by atoms with Gasteiger partial charge < -0.3 is 41.3 Å². The third kappa shape index (κ3) is 6.32. The number of Topliss-reactive ketones (excluding diaryl/α,β-unsaturated/α-hetero) is 2. The van der Waals surface area contributed by atoms with Gasteiger partial charge in [-0.25, -0.2) is 10.0 Å². The highest BCUT2D eigenvalue weighted by Gasteiger charge is 2.63. The van der Waals surface area contributed by atoms with Crippen LogP contribution in [0.4, 0.5) is 21.9 Å². The number of nitrogens with two attached hydrogens (primary N) is 1. The van der Waals surface area contributed by atoms with Crippen molar-refractivity contribution in [3.05, 3.63) is 74.6 Å². The molecule has 278 valence electrons. The Morgan fingerprint density at radius 2 is 1.67 bits per heavy atom. The van der Waals surface area contributed by atoms with Crippen LogP contribution in [0, 0.1) is 22.2 Å². The van der Waals surface area contributed by atoms with Crippen molar-refractivity contribution < 1.29 is 49.7 Å². The summed E-state index contributed by atoms with van der Waals surface area (Å²) in [5.41, 5.74) is 2.39. The molecular formula is C36H45N6O10+. The van der Waals surface area contributed by atoms with Gasteiger partial charge in [0.05, 0.1) is 23.1 Å². The van der Waals surface area contributed by atoms with Crippen molar-refractivity contribution in [2.45, 2.75) is 51.8 Å². The van der Waals surface area contributed by atoms with Gasteiger partial charge in [0, 0.05) is 61.2 Å². The second-order valence-electron chi connectivity index (χ2n) is 15.3. The molecule has 4 atom stereocenters. The van der Waals surface area contributed by atoms with Gasteiger partial charge in [0.15, 0.2) is 11.4 Å². The fourth-order valence-electron chi connectivity index (χ4n) is 7.73. The molecule has 0 bridgehead atoms. The van der Waals surface area contributed by atoms with E-state index in [1.165, 1.54) is 34.1 Å². The van der Waals surface area contributed by atoms with Crippen molar-refractivity contribution in [2.24, 2.45) is 23.0 Å². The van der Waals surface area contributed by atoms with E-state index in [1.54, 1.807) is 39.2 Å². The summed E-state index contributed by atoms with van der Waals surface area (Å²) >= 11 is 0. The molecule has 52 heavy (non-hydrogen) atoms. The molecule has 16 heteroatoms. The fraction of sp³-hybridized carbons (Fsp3) is 0.444. The van der Waals surface area contributed by atoms with Crippen LogP contribution >= 0.6 is 0 Å². The molecule has 3 amide bonds. The summed E-state index contributed by atoms with van der Waals surface area (Å²) in [5.74, 6) is -7.44. The second-order valence-corrected chi connectivity index (χ2v) is 15.3. The molecule has 8 N–H and O–H groups in total.